The number of aromatic nitrogens is 1. The van der Waals surface area contributed by atoms with Crippen molar-refractivity contribution in [1.82, 2.24) is 4.57 Å². The van der Waals surface area contributed by atoms with Gasteiger partial charge in [0.05, 0.1) is 4.47 Å². The van der Waals surface area contributed by atoms with Gasteiger partial charge in [0.15, 0.2) is 0 Å². The molecular formula is C14H15BrFN. The Labute approximate surface area is 109 Å². The zero-order chi connectivity index (χ0) is 12.6. The van der Waals surface area contributed by atoms with Crippen LogP contribution in [0.1, 0.15) is 22.4 Å². The summed E-state index contributed by atoms with van der Waals surface area (Å²) in [7, 11) is 0. The third-order valence-corrected chi connectivity index (χ3v) is 4.17. The molecule has 0 amide bonds. The molecule has 0 aliphatic heterocycles. The number of halogens is 2. The van der Waals surface area contributed by atoms with E-state index in [0.717, 1.165) is 5.56 Å². The van der Waals surface area contributed by atoms with Crippen LogP contribution in [0, 0.1) is 26.6 Å². The molecule has 0 unspecified atom stereocenters. The van der Waals surface area contributed by atoms with Crippen molar-refractivity contribution in [2.45, 2.75) is 27.3 Å². The summed E-state index contributed by atoms with van der Waals surface area (Å²) in [4.78, 5) is 0. The van der Waals surface area contributed by atoms with Crippen LogP contribution in [0.4, 0.5) is 4.39 Å². The van der Waals surface area contributed by atoms with E-state index in [9.17, 15) is 4.39 Å². The first-order valence-electron chi connectivity index (χ1n) is 5.56. The van der Waals surface area contributed by atoms with E-state index >= 15 is 0 Å². The lowest BCUT2D eigenvalue weighted by atomic mass is 10.2. The lowest BCUT2D eigenvalue weighted by Gasteiger charge is -2.09. The SMILES string of the molecule is Cc1cn(Cc2cccc(F)c2Br)c(C)c1C. The molecule has 0 saturated heterocycles. The second kappa shape index (κ2) is 4.65. The van der Waals surface area contributed by atoms with Crippen LogP contribution in [-0.2, 0) is 6.54 Å². The van der Waals surface area contributed by atoms with Crippen LogP contribution in [-0.4, -0.2) is 4.57 Å². The summed E-state index contributed by atoms with van der Waals surface area (Å²) < 4.78 is 16.1. The normalized spacial score (nSPS) is 10.9. The van der Waals surface area contributed by atoms with Gasteiger partial charge in [-0.3, -0.25) is 0 Å². The number of nitrogens with zero attached hydrogens (tertiary/aromatic N) is 1. The van der Waals surface area contributed by atoms with Crippen molar-refractivity contribution in [2.75, 3.05) is 0 Å². The highest BCUT2D eigenvalue weighted by atomic mass is 79.9. The molecule has 0 fully saturated rings. The van der Waals surface area contributed by atoms with Crippen LogP contribution in [0.5, 0.6) is 0 Å². The van der Waals surface area contributed by atoms with E-state index in [1.54, 1.807) is 6.07 Å². The molecule has 0 spiro atoms. The van der Waals surface area contributed by atoms with Crippen LogP contribution < -0.4 is 0 Å². The van der Waals surface area contributed by atoms with Crippen molar-refractivity contribution < 1.29 is 4.39 Å². The summed E-state index contributed by atoms with van der Waals surface area (Å²) in [5, 5.41) is 0. The molecule has 1 aromatic carbocycles. The highest BCUT2D eigenvalue weighted by molar-refractivity contribution is 9.10. The Hall–Kier alpha value is -1.09. The average molecular weight is 296 g/mol. The topological polar surface area (TPSA) is 4.93 Å². The fourth-order valence-corrected chi connectivity index (χ4v) is 2.34. The van der Waals surface area contributed by atoms with Gasteiger partial charge in [-0.25, -0.2) is 4.39 Å². The van der Waals surface area contributed by atoms with Gasteiger partial charge in [0, 0.05) is 18.4 Å². The largest absolute Gasteiger partial charge is 0.347 e. The zero-order valence-corrected chi connectivity index (χ0v) is 11.8. The van der Waals surface area contributed by atoms with Crippen LogP contribution in [0.15, 0.2) is 28.9 Å². The lowest BCUT2D eigenvalue weighted by Crippen LogP contribution is -2.02. The predicted molar refractivity (Wildman–Crippen MR) is 71.8 cm³/mol. The Bertz CT molecular complexity index is 558. The minimum Gasteiger partial charge on any atom is -0.347 e. The van der Waals surface area contributed by atoms with Gasteiger partial charge < -0.3 is 4.57 Å². The smallest absolute Gasteiger partial charge is 0.137 e. The summed E-state index contributed by atoms with van der Waals surface area (Å²) in [6.07, 6.45) is 2.11. The van der Waals surface area contributed by atoms with Crippen molar-refractivity contribution >= 4 is 15.9 Å². The number of hydrogen-bond acceptors (Lipinski definition) is 0. The maximum Gasteiger partial charge on any atom is 0.137 e. The van der Waals surface area contributed by atoms with E-state index in [1.165, 1.54) is 22.9 Å². The number of rotatable bonds is 2. The molecule has 3 heteroatoms. The summed E-state index contributed by atoms with van der Waals surface area (Å²) in [6, 6.07) is 5.15. The van der Waals surface area contributed by atoms with Crippen molar-refractivity contribution in [3.8, 4) is 0 Å². The van der Waals surface area contributed by atoms with E-state index in [1.807, 2.05) is 6.07 Å². The van der Waals surface area contributed by atoms with Crippen LogP contribution in [0.3, 0.4) is 0 Å². The van der Waals surface area contributed by atoms with Gasteiger partial charge in [-0.15, -0.1) is 0 Å². The van der Waals surface area contributed by atoms with Crippen LogP contribution >= 0.6 is 15.9 Å². The van der Waals surface area contributed by atoms with Crippen LogP contribution in [0.2, 0.25) is 0 Å². The predicted octanol–water partition coefficient (Wildman–Crippen LogP) is 4.36. The highest BCUT2D eigenvalue weighted by Crippen LogP contribution is 2.23. The summed E-state index contributed by atoms with van der Waals surface area (Å²) in [5.74, 6) is -0.208. The van der Waals surface area contributed by atoms with Gasteiger partial charge in [-0.1, -0.05) is 12.1 Å². The Kier molecular flexibility index (Phi) is 3.38. The molecule has 0 bridgehead atoms. The lowest BCUT2D eigenvalue weighted by molar-refractivity contribution is 0.615. The third-order valence-electron chi connectivity index (χ3n) is 3.29. The van der Waals surface area contributed by atoms with E-state index in [-0.39, 0.29) is 5.82 Å². The summed E-state index contributed by atoms with van der Waals surface area (Å²) >= 11 is 3.30. The van der Waals surface area contributed by atoms with Crippen molar-refractivity contribution in [2.24, 2.45) is 0 Å². The van der Waals surface area contributed by atoms with E-state index in [4.69, 9.17) is 0 Å². The van der Waals surface area contributed by atoms with Gasteiger partial charge in [-0.2, -0.15) is 0 Å². The molecule has 0 aliphatic rings. The molecule has 17 heavy (non-hydrogen) atoms. The molecule has 0 N–H and O–H groups in total. The summed E-state index contributed by atoms with van der Waals surface area (Å²) in [6.45, 7) is 7.00. The molecule has 1 aromatic heterocycles. The minimum atomic E-state index is -0.208. The standard InChI is InChI=1S/C14H15BrFN/c1-9-7-17(11(3)10(9)2)8-12-5-4-6-13(16)14(12)15/h4-7H,8H2,1-3H3. The Morgan fingerprint density at radius 1 is 1.24 bits per heavy atom. The highest BCUT2D eigenvalue weighted by Gasteiger charge is 2.09. The first-order chi connectivity index (χ1) is 8.00. The van der Waals surface area contributed by atoms with Gasteiger partial charge in [-0.05, 0) is 59.5 Å². The monoisotopic (exact) mass is 295 g/mol. The zero-order valence-electron chi connectivity index (χ0n) is 10.2. The maximum absolute atomic E-state index is 13.4. The molecule has 0 atom stereocenters. The second-order valence-electron chi connectivity index (χ2n) is 4.36. The first kappa shape index (κ1) is 12.4. The Balaban J connectivity index is 2.38. The Morgan fingerprint density at radius 3 is 2.53 bits per heavy atom. The third kappa shape index (κ3) is 2.29. The van der Waals surface area contributed by atoms with E-state index in [0.29, 0.717) is 11.0 Å². The average Bonchev–Trinajstić information content (AvgIpc) is 2.53. The number of aryl methyl sites for hydroxylation is 1. The van der Waals surface area contributed by atoms with Gasteiger partial charge in [0.25, 0.3) is 0 Å². The summed E-state index contributed by atoms with van der Waals surface area (Å²) in [5.41, 5.74) is 4.77. The van der Waals surface area contributed by atoms with Crippen molar-refractivity contribution in [1.29, 1.82) is 0 Å². The molecule has 1 nitrogen and oxygen atoms in total. The fourth-order valence-electron chi connectivity index (χ4n) is 1.95. The van der Waals surface area contributed by atoms with Gasteiger partial charge in [0.2, 0.25) is 0 Å². The van der Waals surface area contributed by atoms with Crippen molar-refractivity contribution in [3.63, 3.8) is 0 Å². The maximum atomic E-state index is 13.4. The van der Waals surface area contributed by atoms with Gasteiger partial charge in [0.1, 0.15) is 5.82 Å². The molecule has 1 heterocycles. The molecule has 0 saturated carbocycles. The molecule has 90 valence electrons. The molecular weight excluding hydrogens is 281 g/mol. The van der Waals surface area contributed by atoms with Crippen molar-refractivity contribution in [3.05, 3.63) is 57.1 Å². The quantitative estimate of drug-likeness (QED) is 0.776. The molecule has 2 rings (SSSR count). The molecule has 2 aromatic rings. The number of benzene rings is 1. The molecule has 0 aliphatic carbocycles. The van der Waals surface area contributed by atoms with E-state index < -0.39 is 0 Å². The fraction of sp³-hybridized carbons (Fsp3) is 0.286. The minimum absolute atomic E-state index is 0.208. The number of hydrogen-bond donors (Lipinski definition) is 0. The Morgan fingerprint density at radius 2 is 1.94 bits per heavy atom. The van der Waals surface area contributed by atoms with E-state index in [2.05, 4.69) is 47.5 Å². The van der Waals surface area contributed by atoms with Gasteiger partial charge >= 0.3 is 0 Å². The molecule has 0 radical (unpaired) electrons. The second-order valence-corrected chi connectivity index (χ2v) is 5.16. The first-order valence-corrected chi connectivity index (χ1v) is 6.36. The van der Waals surface area contributed by atoms with Crippen LogP contribution in [0.25, 0.3) is 0 Å².